The van der Waals surface area contributed by atoms with Gasteiger partial charge in [0.1, 0.15) is 5.78 Å². The van der Waals surface area contributed by atoms with Gasteiger partial charge in [0, 0.05) is 12.2 Å². The monoisotopic (exact) mass is 183 g/mol. The number of nitrogens with zero attached hydrogens (tertiary/aromatic N) is 1. The molecule has 1 aliphatic heterocycles. The second-order valence-electron chi connectivity index (χ2n) is 3.43. The fourth-order valence-corrected chi connectivity index (χ4v) is 2.79. The number of rotatable bonds is 2. The first-order chi connectivity index (χ1) is 5.68. The van der Waals surface area contributed by atoms with Crippen LogP contribution in [0.25, 0.3) is 0 Å². The highest BCUT2D eigenvalue weighted by Gasteiger charge is 2.33. The highest BCUT2D eigenvalue weighted by atomic mass is 32.2. The van der Waals surface area contributed by atoms with E-state index in [-0.39, 0.29) is 11.2 Å². The second kappa shape index (κ2) is 3.95. The number of Topliss-reactive ketones (excluding diaryl/α,β-unsaturated/α-hetero) is 1. The summed E-state index contributed by atoms with van der Waals surface area (Å²) in [5.41, 5.74) is -0.339. The van der Waals surface area contributed by atoms with Gasteiger partial charge >= 0.3 is 0 Å². The zero-order valence-corrected chi connectivity index (χ0v) is 8.12. The van der Waals surface area contributed by atoms with Crippen molar-refractivity contribution < 1.29 is 4.79 Å². The topological polar surface area (TPSA) is 40.9 Å². The van der Waals surface area contributed by atoms with Gasteiger partial charge < -0.3 is 0 Å². The summed E-state index contributed by atoms with van der Waals surface area (Å²) in [6.45, 7) is 1.57. The molecule has 0 aromatic rings. The molecular weight excluding hydrogens is 170 g/mol. The maximum Gasteiger partial charge on any atom is 0.131 e. The fourth-order valence-electron chi connectivity index (χ4n) is 1.60. The Hall–Kier alpha value is -0.490. The number of hydrogen-bond acceptors (Lipinski definition) is 3. The van der Waals surface area contributed by atoms with Crippen LogP contribution in [0.3, 0.4) is 0 Å². The average molecular weight is 183 g/mol. The highest BCUT2D eigenvalue weighted by molar-refractivity contribution is 7.99. The summed E-state index contributed by atoms with van der Waals surface area (Å²) in [7, 11) is 0. The summed E-state index contributed by atoms with van der Waals surface area (Å²) in [5.74, 6) is 2.11. The summed E-state index contributed by atoms with van der Waals surface area (Å²) in [6, 6.07) is 2.31. The number of hydrogen-bond donors (Lipinski definition) is 0. The van der Waals surface area contributed by atoms with Gasteiger partial charge in [-0.1, -0.05) is 0 Å². The Morgan fingerprint density at radius 1 is 1.75 bits per heavy atom. The molecule has 1 atom stereocenters. The standard InChI is InChI=1S/C9H13NOS/c1-8(11)5-9(6-10)3-2-4-12-7-9/h2-5,7H2,1H3. The molecule has 0 aromatic carbocycles. The van der Waals surface area contributed by atoms with Crippen molar-refractivity contribution in [3.63, 3.8) is 0 Å². The average Bonchev–Trinajstić information content (AvgIpc) is 2.05. The van der Waals surface area contributed by atoms with Gasteiger partial charge in [-0.25, -0.2) is 0 Å². The Kier molecular flexibility index (Phi) is 3.16. The van der Waals surface area contributed by atoms with Crippen molar-refractivity contribution in [2.75, 3.05) is 11.5 Å². The molecule has 0 N–H and O–H groups in total. The van der Waals surface area contributed by atoms with Crippen LogP contribution in [0.15, 0.2) is 0 Å². The molecule has 0 aliphatic carbocycles. The van der Waals surface area contributed by atoms with Gasteiger partial charge in [0.25, 0.3) is 0 Å². The van der Waals surface area contributed by atoms with Crippen LogP contribution in [0.1, 0.15) is 26.2 Å². The van der Waals surface area contributed by atoms with E-state index in [9.17, 15) is 4.79 Å². The van der Waals surface area contributed by atoms with E-state index in [1.165, 1.54) is 0 Å². The Morgan fingerprint density at radius 3 is 2.92 bits per heavy atom. The molecule has 1 unspecified atom stereocenters. The lowest BCUT2D eigenvalue weighted by atomic mass is 9.82. The van der Waals surface area contributed by atoms with Crippen LogP contribution in [0.4, 0.5) is 0 Å². The minimum Gasteiger partial charge on any atom is -0.300 e. The summed E-state index contributed by atoms with van der Waals surface area (Å²) in [5, 5.41) is 8.97. The maximum atomic E-state index is 10.9. The summed E-state index contributed by atoms with van der Waals surface area (Å²) in [4.78, 5) is 10.9. The predicted molar refractivity (Wildman–Crippen MR) is 49.9 cm³/mol. The molecule has 66 valence electrons. The third-order valence-electron chi connectivity index (χ3n) is 2.15. The Morgan fingerprint density at radius 2 is 2.50 bits per heavy atom. The number of thioether (sulfide) groups is 1. The van der Waals surface area contributed by atoms with Gasteiger partial charge in [-0.15, -0.1) is 0 Å². The summed E-state index contributed by atoms with van der Waals surface area (Å²) < 4.78 is 0. The number of nitriles is 1. The molecule has 1 heterocycles. The van der Waals surface area contributed by atoms with Gasteiger partial charge in [-0.05, 0) is 25.5 Å². The molecule has 2 nitrogen and oxygen atoms in total. The Labute approximate surface area is 77.3 Å². The molecule has 0 aromatic heterocycles. The Bertz CT molecular complexity index is 213. The lowest BCUT2D eigenvalue weighted by Gasteiger charge is -2.28. The fraction of sp³-hybridized carbons (Fsp3) is 0.778. The largest absolute Gasteiger partial charge is 0.300 e. The third-order valence-corrected chi connectivity index (χ3v) is 3.48. The van der Waals surface area contributed by atoms with Crippen LogP contribution < -0.4 is 0 Å². The smallest absolute Gasteiger partial charge is 0.131 e. The molecular formula is C9H13NOS. The van der Waals surface area contributed by atoms with E-state index in [0.717, 1.165) is 24.3 Å². The Balaban J connectivity index is 2.61. The van der Waals surface area contributed by atoms with E-state index in [1.807, 2.05) is 0 Å². The molecule has 0 radical (unpaired) electrons. The third kappa shape index (κ3) is 2.25. The maximum absolute atomic E-state index is 10.9. The second-order valence-corrected chi connectivity index (χ2v) is 4.53. The first-order valence-electron chi connectivity index (χ1n) is 4.17. The quantitative estimate of drug-likeness (QED) is 0.657. The van der Waals surface area contributed by atoms with E-state index in [4.69, 9.17) is 5.26 Å². The lowest BCUT2D eigenvalue weighted by Crippen LogP contribution is -2.28. The van der Waals surface area contributed by atoms with Crippen LogP contribution in [0, 0.1) is 16.7 Å². The number of carbonyl (C=O) groups is 1. The van der Waals surface area contributed by atoms with Crippen molar-refractivity contribution in [3.8, 4) is 6.07 Å². The zero-order chi connectivity index (χ0) is 9.03. The van der Waals surface area contributed by atoms with E-state index >= 15 is 0 Å². The van der Waals surface area contributed by atoms with Crippen molar-refractivity contribution in [1.82, 2.24) is 0 Å². The van der Waals surface area contributed by atoms with E-state index in [1.54, 1.807) is 18.7 Å². The molecule has 12 heavy (non-hydrogen) atoms. The lowest BCUT2D eigenvalue weighted by molar-refractivity contribution is -0.118. The van der Waals surface area contributed by atoms with E-state index in [0.29, 0.717) is 6.42 Å². The van der Waals surface area contributed by atoms with Gasteiger partial charge in [0.05, 0.1) is 11.5 Å². The molecule has 1 fully saturated rings. The minimum atomic E-state index is -0.339. The van der Waals surface area contributed by atoms with Crippen molar-refractivity contribution >= 4 is 17.5 Å². The molecule has 0 amide bonds. The summed E-state index contributed by atoms with van der Waals surface area (Å²) >= 11 is 1.79. The predicted octanol–water partition coefficient (Wildman–Crippen LogP) is 2.00. The normalized spacial score (nSPS) is 29.3. The molecule has 1 rings (SSSR count). The van der Waals surface area contributed by atoms with Crippen LogP contribution in [-0.2, 0) is 4.79 Å². The van der Waals surface area contributed by atoms with E-state index in [2.05, 4.69) is 6.07 Å². The first kappa shape index (κ1) is 9.60. The highest BCUT2D eigenvalue weighted by Crippen LogP contribution is 2.36. The first-order valence-corrected chi connectivity index (χ1v) is 5.32. The van der Waals surface area contributed by atoms with Crippen LogP contribution in [0.2, 0.25) is 0 Å². The van der Waals surface area contributed by atoms with Gasteiger partial charge in [0.15, 0.2) is 0 Å². The minimum absolute atomic E-state index is 0.138. The molecule has 1 aliphatic rings. The molecule has 0 bridgehead atoms. The van der Waals surface area contributed by atoms with Gasteiger partial charge in [-0.2, -0.15) is 17.0 Å². The van der Waals surface area contributed by atoms with Gasteiger partial charge in [0.2, 0.25) is 0 Å². The van der Waals surface area contributed by atoms with Crippen LogP contribution in [0.5, 0.6) is 0 Å². The molecule has 0 spiro atoms. The van der Waals surface area contributed by atoms with Crippen LogP contribution in [-0.4, -0.2) is 17.3 Å². The van der Waals surface area contributed by atoms with Gasteiger partial charge in [-0.3, -0.25) is 4.79 Å². The molecule has 0 saturated carbocycles. The van der Waals surface area contributed by atoms with Crippen LogP contribution >= 0.6 is 11.8 Å². The van der Waals surface area contributed by atoms with Crippen molar-refractivity contribution in [2.45, 2.75) is 26.2 Å². The summed E-state index contributed by atoms with van der Waals surface area (Å²) in [6.07, 6.45) is 2.41. The van der Waals surface area contributed by atoms with Crippen molar-refractivity contribution in [2.24, 2.45) is 5.41 Å². The van der Waals surface area contributed by atoms with Crippen molar-refractivity contribution in [1.29, 1.82) is 5.26 Å². The van der Waals surface area contributed by atoms with E-state index < -0.39 is 0 Å². The SMILES string of the molecule is CC(=O)CC1(C#N)CCCSC1. The number of ketones is 1. The van der Waals surface area contributed by atoms with Crippen molar-refractivity contribution in [3.05, 3.63) is 0 Å². The molecule has 3 heteroatoms. The zero-order valence-electron chi connectivity index (χ0n) is 7.30. The molecule has 1 saturated heterocycles. The number of carbonyl (C=O) groups excluding carboxylic acids is 1.